The van der Waals surface area contributed by atoms with Crippen molar-refractivity contribution in [2.45, 2.75) is 37.3 Å². The quantitative estimate of drug-likeness (QED) is 0.596. The maximum atomic E-state index is 12.5. The predicted molar refractivity (Wildman–Crippen MR) is 110 cm³/mol. The van der Waals surface area contributed by atoms with E-state index < -0.39 is 0 Å². The van der Waals surface area contributed by atoms with Gasteiger partial charge in [-0.25, -0.2) is 0 Å². The summed E-state index contributed by atoms with van der Waals surface area (Å²) in [5, 5.41) is 12.6. The minimum atomic E-state index is -0.300. The standard InChI is InChI=1S/C20H21ClN4OS/c1-3-25-18(15-9-5-4-6-10-15)23-24-20(25)27-14(2)19(26)22-13-16-11-7-8-12-17(16)21/h4-12,14H,3,13H2,1-2H3,(H,22,26)/t14-/m0/s1. The van der Waals surface area contributed by atoms with Gasteiger partial charge in [-0.15, -0.1) is 10.2 Å². The highest BCUT2D eigenvalue weighted by molar-refractivity contribution is 8.00. The molecular formula is C20H21ClN4OS. The molecule has 0 saturated carbocycles. The molecular weight excluding hydrogens is 380 g/mol. The van der Waals surface area contributed by atoms with Gasteiger partial charge in [0.2, 0.25) is 5.91 Å². The molecule has 27 heavy (non-hydrogen) atoms. The second-order valence-corrected chi connectivity index (χ2v) is 7.70. The number of nitrogens with zero attached hydrogens (tertiary/aromatic N) is 3. The first kappa shape index (κ1) is 19.5. The molecule has 1 atom stereocenters. The van der Waals surface area contributed by atoms with Crippen molar-refractivity contribution in [3.63, 3.8) is 0 Å². The topological polar surface area (TPSA) is 59.8 Å². The predicted octanol–water partition coefficient (Wildman–Crippen LogP) is 4.42. The summed E-state index contributed by atoms with van der Waals surface area (Å²) in [5.74, 6) is 0.746. The average molecular weight is 401 g/mol. The first-order chi connectivity index (χ1) is 13.1. The summed E-state index contributed by atoms with van der Waals surface area (Å²) in [6.07, 6.45) is 0. The number of amides is 1. The Morgan fingerprint density at radius 1 is 1.15 bits per heavy atom. The smallest absolute Gasteiger partial charge is 0.233 e. The largest absolute Gasteiger partial charge is 0.351 e. The van der Waals surface area contributed by atoms with Gasteiger partial charge in [0, 0.05) is 23.7 Å². The van der Waals surface area contributed by atoms with E-state index in [0.29, 0.717) is 11.6 Å². The van der Waals surface area contributed by atoms with Crippen molar-refractivity contribution in [1.29, 1.82) is 0 Å². The van der Waals surface area contributed by atoms with Crippen molar-refractivity contribution in [2.75, 3.05) is 0 Å². The zero-order valence-corrected chi connectivity index (χ0v) is 16.8. The maximum absolute atomic E-state index is 12.5. The van der Waals surface area contributed by atoms with Gasteiger partial charge in [-0.05, 0) is 25.5 Å². The average Bonchev–Trinajstić information content (AvgIpc) is 3.10. The molecule has 1 heterocycles. The third kappa shape index (κ3) is 4.70. The lowest BCUT2D eigenvalue weighted by atomic mass is 10.2. The molecule has 1 amide bonds. The van der Waals surface area contributed by atoms with E-state index in [0.717, 1.165) is 28.7 Å². The van der Waals surface area contributed by atoms with E-state index in [1.807, 2.05) is 73.0 Å². The summed E-state index contributed by atoms with van der Waals surface area (Å²) < 4.78 is 2.03. The van der Waals surface area contributed by atoms with Gasteiger partial charge in [0.05, 0.1) is 5.25 Å². The van der Waals surface area contributed by atoms with Crippen molar-refractivity contribution in [3.8, 4) is 11.4 Å². The van der Waals surface area contributed by atoms with Crippen LogP contribution in [-0.4, -0.2) is 25.9 Å². The van der Waals surface area contributed by atoms with E-state index in [9.17, 15) is 4.79 Å². The van der Waals surface area contributed by atoms with Crippen molar-refractivity contribution < 1.29 is 4.79 Å². The Bertz CT molecular complexity index is 913. The maximum Gasteiger partial charge on any atom is 0.233 e. The van der Waals surface area contributed by atoms with Crippen LogP contribution in [0.25, 0.3) is 11.4 Å². The van der Waals surface area contributed by atoms with Crippen LogP contribution in [-0.2, 0) is 17.9 Å². The molecule has 0 saturated heterocycles. The molecule has 0 aliphatic heterocycles. The van der Waals surface area contributed by atoms with Gasteiger partial charge >= 0.3 is 0 Å². The number of aromatic nitrogens is 3. The summed E-state index contributed by atoms with van der Waals surface area (Å²) in [5.41, 5.74) is 1.90. The molecule has 0 spiro atoms. The first-order valence-electron chi connectivity index (χ1n) is 8.76. The molecule has 3 aromatic rings. The Morgan fingerprint density at radius 3 is 2.56 bits per heavy atom. The Balaban J connectivity index is 1.67. The minimum Gasteiger partial charge on any atom is -0.351 e. The van der Waals surface area contributed by atoms with Crippen LogP contribution in [0.3, 0.4) is 0 Å². The van der Waals surface area contributed by atoms with E-state index in [-0.39, 0.29) is 11.2 Å². The Kier molecular flexibility index (Phi) is 6.53. The number of hydrogen-bond acceptors (Lipinski definition) is 4. The summed E-state index contributed by atoms with van der Waals surface area (Å²) in [4.78, 5) is 12.5. The number of hydrogen-bond donors (Lipinski definition) is 1. The molecule has 140 valence electrons. The van der Waals surface area contributed by atoms with Crippen molar-refractivity contribution in [2.24, 2.45) is 0 Å². The van der Waals surface area contributed by atoms with E-state index in [2.05, 4.69) is 15.5 Å². The molecule has 1 aromatic heterocycles. The fourth-order valence-electron chi connectivity index (χ4n) is 2.64. The number of halogens is 1. The normalized spacial score (nSPS) is 12.0. The van der Waals surface area contributed by atoms with Crippen molar-refractivity contribution in [1.82, 2.24) is 20.1 Å². The SMILES string of the molecule is CCn1c(S[C@@H](C)C(=O)NCc2ccccc2Cl)nnc1-c1ccccc1. The third-order valence-corrected chi connectivity index (χ3v) is 5.58. The van der Waals surface area contributed by atoms with E-state index in [1.54, 1.807) is 0 Å². The van der Waals surface area contributed by atoms with Gasteiger partial charge in [0.25, 0.3) is 0 Å². The molecule has 0 aliphatic rings. The Morgan fingerprint density at radius 2 is 1.85 bits per heavy atom. The first-order valence-corrected chi connectivity index (χ1v) is 10.0. The fraction of sp³-hybridized carbons (Fsp3) is 0.250. The number of carbonyl (C=O) groups is 1. The molecule has 1 N–H and O–H groups in total. The van der Waals surface area contributed by atoms with E-state index in [1.165, 1.54) is 11.8 Å². The lowest BCUT2D eigenvalue weighted by Gasteiger charge is -2.13. The molecule has 0 bridgehead atoms. The molecule has 2 aromatic carbocycles. The van der Waals surface area contributed by atoms with Gasteiger partial charge in [0.1, 0.15) is 0 Å². The van der Waals surface area contributed by atoms with Crippen LogP contribution >= 0.6 is 23.4 Å². The van der Waals surface area contributed by atoms with Crippen LogP contribution in [0.15, 0.2) is 59.8 Å². The fourth-order valence-corrected chi connectivity index (χ4v) is 3.78. The van der Waals surface area contributed by atoms with Crippen LogP contribution in [0.2, 0.25) is 5.02 Å². The van der Waals surface area contributed by atoms with Gasteiger partial charge in [0.15, 0.2) is 11.0 Å². The number of nitrogens with one attached hydrogen (secondary N) is 1. The Labute approximate surface area is 168 Å². The molecule has 0 radical (unpaired) electrons. The summed E-state index contributed by atoms with van der Waals surface area (Å²) in [6.45, 7) is 5.04. The lowest BCUT2D eigenvalue weighted by molar-refractivity contribution is -0.120. The van der Waals surface area contributed by atoms with Gasteiger partial charge < -0.3 is 9.88 Å². The number of rotatable bonds is 7. The van der Waals surface area contributed by atoms with Crippen LogP contribution < -0.4 is 5.32 Å². The van der Waals surface area contributed by atoms with Gasteiger partial charge in [-0.1, -0.05) is 71.9 Å². The molecule has 5 nitrogen and oxygen atoms in total. The van der Waals surface area contributed by atoms with Crippen molar-refractivity contribution in [3.05, 3.63) is 65.2 Å². The van der Waals surface area contributed by atoms with E-state index in [4.69, 9.17) is 11.6 Å². The number of carbonyl (C=O) groups excluding carboxylic acids is 1. The highest BCUT2D eigenvalue weighted by atomic mass is 35.5. The number of thioether (sulfide) groups is 1. The van der Waals surface area contributed by atoms with Crippen LogP contribution in [0, 0.1) is 0 Å². The van der Waals surface area contributed by atoms with Crippen LogP contribution in [0.1, 0.15) is 19.4 Å². The van der Waals surface area contributed by atoms with Crippen LogP contribution in [0.4, 0.5) is 0 Å². The summed E-state index contributed by atoms with van der Waals surface area (Å²) in [6, 6.07) is 17.4. The van der Waals surface area contributed by atoms with Gasteiger partial charge in [-0.3, -0.25) is 4.79 Å². The summed E-state index contributed by atoms with van der Waals surface area (Å²) >= 11 is 7.54. The summed E-state index contributed by atoms with van der Waals surface area (Å²) in [7, 11) is 0. The van der Waals surface area contributed by atoms with Gasteiger partial charge in [-0.2, -0.15) is 0 Å². The highest BCUT2D eigenvalue weighted by Crippen LogP contribution is 2.26. The molecule has 0 aliphatic carbocycles. The third-order valence-electron chi connectivity index (χ3n) is 4.13. The monoisotopic (exact) mass is 400 g/mol. The second kappa shape index (κ2) is 9.06. The van der Waals surface area contributed by atoms with Crippen LogP contribution in [0.5, 0.6) is 0 Å². The molecule has 0 unspecified atom stereocenters. The van der Waals surface area contributed by atoms with Crippen molar-refractivity contribution >= 4 is 29.3 Å². The zero-order chi connectivity index (χ0) is 19.2. The molecule has 7 heteroatoms. The highest BCUT2D eigenvalue weighted by Gasteiger charge is 2.20. The zero-order valence-electron chi connectivity index (χ0n) is 15.2. The minimum absolute atomic E-state index is 0.0631. The Hall–Kier alpha value is -2.31. The lowest BCUT2D eigenvalue weighted by Crippen LogP contribution is -2.30. The van der Waals surface area contributed by atoms with E-state index >= 15 is 0 Å². The second-order valence-electron chi connectivity index (χ2n) is 5.99. The molecule has 3 rings (SSSR count). The number of benzene rings is 2. The molecule has 0 fully saturated rings.